The van der Waals surface area contributed by atoms with Crippen molar-refractivity contribution in [3.63, 3.8) is 0 Å². The second-order valence-corrected chi connectivity index (χ2v) is 5.45. The van der Waals surface area contributed by atoms with E-state index in [9.17, 15) is 9.90 Å². The first-order valence-electron chi connectivity index (χ1n) is 6.77. The standard InChI is InChI=1S/C15H21NO4/c1-9(15(18)19)12-7-16(8-12)10(2)11-4-5-13(17)14(6-11)20-3/h4-6,9-10,12,17H,7-8H2,1-3H3,(H,18,19). The summed E-state index contributed by atoms with van der Waals surface area (Å²) in [5.41, 5.74) is 1.06. The molecule has 0 radical (unpaired) electrons. The van der Waals surface area contributed by atoms with Crippen LogP contribution in [0.3, 0.4) is 0 Å². The third-order valence-electron chi connectivity index (χ3n) is 4.27. The molecule has 1 aliphatic rings. The molecule has 2 unspecified atom stereocenters. The highest BCUT2D eigenvalue weighted by Crippen LogP contribution is 2.35. The average Bonchev–Trinajstić information content (AvgIpc) is 2.37. The number of rotatable bonds is 5. The van der Waals surface area contributed by atoms with Crippen molar-refractivity contribution in [3.05, 3.63) is 23.8 Å². The highest BCUT2D eigenvalue weighted by molar-refractivity contribution is 5.70. The van der Waals surface area contributed by atoms with Gasteiger partial charge in [-0.2, -0.15) is 0 Å². The minimum atomic E-state index is -0.728. The SMILES string of the molecule is COc1cc(C(C)N2CC(C(C)C(=O)O)C2)ccc1O. The van der Waals surface area contributed by atoms with Crippen molar-refractivity contribution in [1.82, 2.24) is 4.90 Å². The summed E-state index contributed by atoms with van der Waals surface area (Å²) in [5, 5.41) is 18.6. The van der Waals surface area contributed by atoms with Gasteiger partial charge in [0.1, 0.15) is 0 Å². The Hall–Kier alpha value is -1.75. The van der Waals surface area contributed by atoms with Gasteiger partial charge < -0.3 is 14.9 Å². The number of nitrogens with zero attached hydrogens (tertiary/aromatic N) is 1. The summed E-state index contributed by atoms with van der Waals surface area (Å²) in [6.45, 7) is 5.42. The Morgan fingerprint density at radius 3 is 2.60 bits per heavy atom. The van der Waals surface area contributed by atoms with E-state index in [1.807, 2.05) is 12.1 Å². The molecule has 1 aromatic carbocycles. The van der Waals surface area contributed by atoms with Gasteiger partial charge in [0.05, 0.1) is 13.0 Å². The van der Waals surface area contributed by atoms with Gasteiger partial charge in [0.2, 0.25) is 0 Å². The van der Waals surface area contributed by atoms with Gasteiger partial charge in [0, 0.05) is 19.1 Å². The largest absolute Gasteiger partial charge is 0.504 e. The van der Waals surface area contributed by atoms with Crippen LogP contribution in [0.2, 0.25) is 0 Å². The maximum Gasteiger partial charge on any atom is 0.306 e. The molecular weight excluding hydrogens is 258 g/mol. The van der Waals surface area contributed by atoms with Crippen molar-refractivity contribution < 1.29 is 19.7 Å². The summed E-state index contributed by atoms with van der Waals surface area (Å²) in [7, 11) is 1.53. The fourth-order valence-corrected chi connectivity index (χ4v) is 2.55. The number of carboxylic acids is 1. The van der Waals surface area contributed by atoms with E-state index in [2.05, 4.69) is 11.8 Å². The van der Waals surface area contributed by atoms with E-state index in [0.717, 1.165) is 18.7 Å². The number of likely N-dealkylation sites (tertiary alicyclic amines) is 1. The van der Waals surface area contributed by atoms with E-state index >= 15 is 0 Å². The minimum Gasteiger partial charge on any atom is -0.504 e. The molecule has 0 saturated carbocycles. The molecule has 2 atom stereocenters. The number of methoxy groups -OCH3 is 1. The summed E-state index contributed by atoms with van der Waals surface area (Å²) < 4.78 is 5.11. The van der Waals surface area contributed by atoms with Crippen molar-refractivity contribution in [1.29, 1.82) is 0 Å². The number of carbonyl (C=O) groups is 1. The number of hydrogen-bond acceptors (Lipinski definition) is 4. The van der Waals surface area contributed by atoms with Gasteiger partial charge in [-0.25, -0.2) is 0 Å². The predicted octanol–water partition coefficient (Wildman–Crippen LogP) is 2.11. The van der Waals surface area contributed by atoms with Gasteiger partial charge in [0.15, 0.2) is 11.5 Å². The molecule has 2 N–H and O–H groups in total. The molecule has 5 nitrogen and oxygen atoms in total. The lowest BCUT2D eigenvalue weighted by Gasteiger charge is -2.45. The van der Waals surface area contributed by atoms with E-state index in [1.165, 1.54) is 7.11 Å². The van der Waals surface area contributed by atoms with Gasteiger partial charge in [-0.15, -0.1) is 0 Å². The van der Waals surface area contributed by atoms with Gasteiger partial charge in [-0.1, -0.05) is 13.0 Å². The van der Waals surface area contributed by atoms with Crippen molar-refractivity contribution in [2.45, 2.75) is 19.9 Å². The van der Waals surface area contributed by atoms with E-state index < -0.39 is 5.97 Å². The van der Waals surface area contributed by atoms with Gasteiger partial charge in [-0.3, -0.25) is 9.69 Å². The number of benzene rings is 1. The molecule has 1 saturated heterocycles. The Balaban J connectivity index is 2.00. The lowest BCUT2D eigenvalue weighted by atomic mass is 9.85. The van der Waals surface area contributed by atoms with Crippen LogP contribution >= 0.6 is 0 Å². The summed E-state index contributed by atoms with van der Waals surface area (Å²) in [4.78, 5) is 13.2. The predicted molar refractivity (Wildman–Crippen MR) is 74.9 cm³/mol. The fraction of sp³-hybridized carbons (Fsp3) is 0.533. The first kappa shape index (κ1) is 14.7. The molecule has 2 rings (SSSR count). The van der Waals surface area contributed by atoms with Crippen LogP contribution in [-0.4, -0.2) is 41.3 Å². The van der Waals surface area contributed by atoms with Crippen molar-refractivity contribution in [3.8, 4) is 11.5 Å². The third-order valence-corrected chi connectivity index (χ3v) is 4.27. The number of phenols is 1. The smallest absolute Gasteiger partial charge is 0.306 e. The number of aliphatic carboxylic acids is 1. The van der Waals surface area contributed by atoms with Gasteiger partial charge in [-0.05, 0) is 30.5 Å². The van der Waals surface area contributed by atoms with Crippen LogP contribution < -0.4 is 4.74 Å². The molecule has 20 heavy (non-hydrogen) atoms. The molecule has 1 aromatic rings. The molecule has 0 aromatic heterocycles. The summed E-state index contributed by atoms with van der Waals surface area (Å²) in [6, 6.07) is 5.51. The van der Waals surface area contributed by atoms with Crippen LogP contribution in [0.15, 0.2) is 18.2 Å². The highest BCUT2D eigenvalue weighted by Gasteiger charge is 2.37. The zero-order chi connectivity index (χ0) is 14.9. The van der Waals surface area contributed by atoms with E-state index in [4.69, 9.17) is 9.84 Å². The number of ether oxygens (including phenoxy) is 1. The minimum absolute atomic E-state index is 0.129. The molecule has 0 bridgehead atoms. The van der Waals surface area contributed by atoms with Crippen LogP contribution in [0, 0.1) is 11.8 Å². The first-order valence-corrected chi connectivity index (χ1v) is 6.77. The number of aromatic hydroxyl groups is 1. The van der Waals surface area contributed by atoms with E-state index in [1.54, 1.807) is 13.0 Å². The monoisotopic (exact) mass is 279 g/mol. The number of hydrogen-bond donors (Lipinski definition) is 2. The zero-order valence-corrected chi connectivity index (χ0v) is 12.0. The van der Waals surface area contributed by atoms with Crippen molar-refractivity contribution in [2.24, 2.45) is 11.8 Å². The topological polar surface area (TPSA) is 70.0 Å². The normalized spacial score (nSPS) is 19.1. The molecule has 0 amide bonds. The Bertz CT molecular complexity index is 497. The average molecular weight is 279 g/mol. The number of carboxylic acid groups (broad SMARTS) is 1. The molecule has 0 aliphatic carbocycles. The zero-order valence-electron chi connectivity index (χ0n) is 12.0. The van der Waals surface area contributed by atoms with Crippen LogP contribution in [0.5, 0.6) is 11.5 Å². The van der Waals surface area contributed by atoms with Crippen LogP contribution in [0.1, 0.15) is 25.5 Å². The Morgan fingerprint density at radius 1 is 1.40 bits per heavy atom. The maximum atomic E-state index is 10.9. The Kier molecular flexibility index (Phi) is 4.18. The van der Waals surface area contributed by atoms with E-state index in [-0.39, 0.29) is 23.6 Å². The molecular formula is C15H21NO4. The lowest BCUT2D eigenvalue weighted by molar-refractivity contribution is -0.146. The molecule has 110 valence electrons. The summed E-state index contributed by atoms with van der Waals surface area (Å²) >= 11 is 0. The fourth-order valence-electron chi connectivity index (χ4n) is 2.55. The summed E-state index contributed by atoms with van der Waals surface area (Å²) in [6.07, 6.45) is 0. The Labute approximate surface area is 118 Å². The molecule has 1 fully saturated rings. The molecule has 0 spiro atoms. The maximum absolute atomic E-state index is 10.9. The van der Waals surface area contributed by atoms with Crippen LogP contribution in [0.4, 0.5) is 0 Å². The molecule has 1 heterocycles. The Morgan fingerprint density at radius 2 is 2.05 bits per heavy atom. The number of phenolic OH excluding ortho intramolecular Hbond substituents is 1. The molecule has 1 aliphatic heterocycles. The quantitative estimate of drug-likeness (QED) is 0.864. The second kappa shape index (κ2) is 5.71. The molecule has 5 heteroatoms. The van der Waals surface area contributed by atoms with Crippen LogP contribution in [-0.2, 0) is 4.79 Å². The van der Waals surface area contributed by atoms with Crippen molar-refractivity contribution >= 4 is 5.97 Å². The van der Waals surface area contributed by atoms with Gasteiger partial charge >= 0.3 is 5.97 Å². The van der Waals surface area contributed by atoms with Crippen molar-refractivity contribution in [2.75, 3.05) is 20.2 Å². The first-order chi connectivity index (χ1) is 9.43. The third kappa shape index (κ3) is 2.72. The van der Waals surface area contributed by atoms with Crippen LogP contribution in [0.25, 0.3) is 0 Å². The second-order valence-electron chi connectivity index (χ2n) is 5.45. The summed E-state index contributed by atoms with van der Waals surface area (Å²) in [5.74, 6) is -0.217. The highest BCUT2D eigenvalue weighted by atomic mass is 16.5. The lowest BCUT2D eigenvalue weighted by Crippen LogP contribution is -2.51. The van der Waals surface area contributed by atoms with E-state index in [0.29, 0.717) is 5.75 Å². The van der Waals surface area contributed by atoms with Gasteiger partial charge in [0.25, 0.3) is 0 Å².